The highest BCUT2D eigenvalue weighted by atomic mass is 16.5. The molecule has 1 saturated heterocycles. The molecule has 1 atom stereocenters. The summed E-state index contributed by atoms with van der Waals surface area (Å²) in [5.41, 5.74) is 1.29. The van der Waals surface area contributed by atoms with Crippen molar-refractivity contribution >= 4 is 5.97 Å². The van der Waals surface area contributed by atoms with Crippen LogP contribution in [-0.2, 0) is 6.54 Å². The van der Waals surface area contributed by atoms with E-state index in [-0.39, 0.29) is 0 Å². The molecule has 0 spiro atoms. The highest BCUT2D eigenvalue weighted by Gasteiger charge is 2.18. The zero-order valence-corrected chi connectivity index (χ0v) is 13.0. The second-order valence-corrected chi connectivity index (χ2v) is 5.81. The van der Waals surface area contributed by atoms with Gasteiger partial charge in [-0.1, -0.05) is 13.3 Å². The summed E-state index contributed by atoms with van der Waals surface area (Å²) in [6, 6.07) is 5.09. The molecule has 0 aromatic heterocycles. The molecule has 1 aliphatic heterocycles. The summed E-state index contributed by atoms with van der Waals surface area (Å²) in [5.74, 6) is 0.722. The second kappa shape index (κ2) is 7.46. The third-order valence-electron chi connectivity index (χ3n) is 4.44. The fraction of sp³-hybridized carbons (Fsp3) is 0.588. The topological polar surface area (TPSA) is 49.8 Å². The Morgan fingerprint density at radius 3 is 2.86 bits per heavy atom. The summed E-state index contributed by atoms with van der Waals surface area (Å²) in [6.45, 7) is 5.19. The van der Waals surface area contributed by atoms with E-state index in [1.165, 1.54) is 25.7 Å². The highest BCUT2D eigenvalue weighted by Crippen LogP contribution is 2.25. The van der Waals surface area contributed by atoms with Crippen LogP contribution in [0.2, 0.25) is 0 Å². The Morgan fingerprint density at radius 2 is 2.19 bits per heavy atom. The lowest BCUT2D eigenvalue weighted by Gasteiger charge is -2.21. The van der Waals surface area contributed by atoms with Gasteiger partial charge in [0.2, 0.25) is 0 Å². The van der Waals surface area contributed by atoms with Crippen LogP contribution in [0.1, 0.15) is 48.5 Å². The molecule has 116 valence electrons. The first-order chi connectivity index (χ1) is 10.1. The van der Waals surface area contributed by atoms with Gasteiger partial charge in [-0.05, 0) is 56.5 Å². The Balaban J connectivity index is 2.10. The number of likely N-dealkylation sites (tertiary alicyclic amines) is 1. The number of carboxylic acid groups (broad SMARTS) is 1. The van der Waals surface area contributed by atoms with Crippen molar-refractivity contribution in [2.75, 3.05) is 20.2 Å². The molecule has 21 heavy (non-hydrogen) atoms. The maximum atomic E-state index is 11.1. The van der Waals surface area contributed by atoms with Gasteiger partial charge in [-0.2, -0.15) is 0 Å². The number of carbonyl (C=O) groups is 1. The van der Waals surface area contributed by atoms with E-state index in [2.05, 4.69) is 11.8 Å². The van der Waals surface area contributed by atoms with Crippen molar-refractivity contribution in [1.29, 1.82) is 0 Å². The number of hydrogen-bond donors (Lipinski definition) is 1. The lowest BCUT2D eigenvalue weighted by molar-refractivity contribution is 0.0696. The van der Waals surface area contributed by atoms with Gasteiger partial charge in [0.1, 0.15) is 5.75 Å². The van der Waals surface area contributed by atoms with Gasteiger partial charge in [0, 0.05) is 12.1 Å². The molecule has 1 aromatic carbocycles. The van der Waals surface area contributed by atoms with Crippen molar-refractivity contribution in [3.63, 3.8) is 0 Å². The molecule has 0 radical (unpaired) electrons. The molecule has 1 N–H and O–H groups in total. The van der Waals surface area contributed by atoms with E-state index < -0.39 is 5.97 Å². The van der Waals surface area contributed by atoms with Crippen LogP contribution in [0.15, 0.2) is 18.2 Å². The molecular weight excluding hydrogens is 266 g/mol. The first-order valence-electron chi connectivity index (χ1n) is 7.76. The summed E-state index contributed by atoms with van der Waals surface area (Å²) in [7, 11) is 1.63. The molecular formula is C17H25NO3. The van der Waals surface area contributed by atoms with Crippen LogP contribution in [0, 0.1) is 5.92 Å². The van der Waals surface area contributed by atoms with Gasteiger partial charge in [-0.15, -0.1) is 0 Å². The monoisotopic (exact) mass is 291 g/mol. The zero-order valence-electron chi connectivity index (χ0n) is 13.0. The lowest BCUT2D eigenvalue weighted by Crippen LogP contribution is -2.24. The SMILES string of the molecule is CCC1CCCN(Cc2cc(C(=O)O)ccc2OC)CC1. The summed E-state index contributed by atoms with van der Waals surface area (Å²) in [5, 5.41) is 9.14. The molecule has 1 aromatic rings. The quantitative estimate of drug-likeness (QED) is 0.903. The average Bonchev–Trinajstić information content (AvgIpc) is 2.72. The fourth-order valence-electron chi connectivity index (χ4n) is 3.07. The first kappa shape index (κ1) is 15.8. The van der Waals surface area contributed by atoms with E-state index in [9.17, 15) is 4.79 Å². The van der Waals surface area contributed by atoms with Gasteiger partial charge in [0.25, 0.3) is 0 Å². The number of carboxylic acids is 1. The van der Waals surface area contributed by atoms with Gasteiger partial charge in [0.15, 0.2) is 0 Å². The molecule has 1 aliphatic rings. The Hall–Kier alpha value is -1.55. The number of hydrogen-bond acceptors (Lipinski definition) is 3. The van der Waals surface area contributed by atoms with Crippen LogP contribution in [0.5, 0.6) is 5.75 Å². The summed E-state index contributed by atoms with van der Waals surface area (Å²) < 4.78 is 5.38. The van der Waals surface area contributed by atoms with E-state index in [4.69, 9.17) is 9.84 Å². The minimum Gasteiger partial charge on any atom is -0.496 e. The Bertz CT molecular complexity index is 487. The average molecular weight is 291 g/mol. The minimum atomic E-state index is -0.888. The van der Waals surface area contributed by atoms with Crippen LogP contribution >= 0.6 is 0 Å². The second-order valence-electron chi connectivity index (χ2n) is 5.81. The first-order valence-corrected chi connectivity index (χ1v) is 7.76. The summed E-state index contributed by atoms with van der Waals surface area (Å²) in [4.78, 5) is 13.5. The molecule has 0 aliphatic carbocycles. The number of aromatic carboxylic acids is 1. The largest absolute Gasteiger partial charge is 0.496 e. The lowest BCUT2D eigenvalue weighted by atomic mass is 9.98. The summed E-state index contributed by atoms with van der Waals surface area (Å²) in [6.07, 6.45) is 5.02. The van der Waals surface area contributed by atoms with Crippen molar-refractivity contribution in [3.05, 3.63) is 29.3 Å². The van der Waals surface area contributed by atoms with Crippen LogP contribution in [0.4, 0.5) is 0 Å². The van der Waals surface area contributed by atoms with Crippen LogP contribution in [-0.4, -0.2) is 36.2 Å². The third-order valence-corrected chi connectivity index (χ3v) is 4.44. The molecule has 1 fully saturated rings. The van der Waals surface area contributed by atoms with Gasteiger partial charge in [-0.25, -0.2) is 4.79 Å². The Labute approximate surface area is 126 Å². The van der Waals surface area contributed by atoms with Crippen molar-refractivity contribution in [2.24, 2.45) is 5.92 Å². The molecule has 0 bridgehead atoms. The normalized spacial score (nSPS) is 20.0. The molecule has 4 nitrogen and oxygen atoms in total. The van der Waals surface area contributed by atoms with Gasteiger partial charge in [0.05, 0.1) is 12.7 Å². The Morgan fingerprint density at radius 1 is 1.38 bits per heavy atom. The Kier molecular flexibility index (Phi) is 5.62. The smallest absolute Gasteiger partial charge is 0.335 e. The van der Waals surface area contributed by atoms with Gasteiger partial charge >= 0.3 is 5.97 Å². The van der Waals surface area contributed by atoms with E-state index in [1.54, 1.807) is 25.3 Å². The number of rotatable bonds is 5. The fourth-order valence-corrected chi connectivity index (χ4v) is 3.07. The number of benzene rings is 1. The van der Waals surface area contributed by atoms with Gasteiger partial charge < -0.3 is 9.84 Å². The number of methoxy groups -OCH3 is 1. The van der Waals surface area contributed by atoms with E-state index in [1.807, 2.05) is 0 Å². The van der Waals surface area contributed by atoms with Crippen molar-refractivity contribution < 1.29 is 14.6 Å². The maximum absolute atomic E-state index is 11.1. The molecule has 2 rings (SSSR count). The predicted octanol–water partition coefficient (Wildman–Crippen LogP) is 3.41. The molecule has 1 heterocycles. The van der Waals surface area contributed by atoms with Gasteiger partial charge in [-0.3, -0.25) is 4.90 Å². The minimum absolute atomic E-state index is 0.326. The molecule has 0 amide bonds. The van der Waals surface area contributed by atoms with Crippen molar-refractivity contribution in [1.82, 2.24) is 4.90 Å². The van der Waals surface area contributed by atoms with Crippen molar-refractivity contribution in [2.45, 2.75) is 39.2 Å². The predicted molar refractivity (Wildman–Crippen MR) is 82.9 cm³/mol. The van der Waals surface area contributed by atoms with E-state index >= 15 is 0 Å². The van der Waals surface area contributed by atoms with E-state index in [0.29, 0.717) is 5.56 Å². The van der Waals surface area contributed by atoms with Crippen LogP contribution in [0.25, 0.3) is 0 Å². The summed E-state index contributed by atoms with van der Waals surface area (Å²) >= 11 is 0. The van der Waals surface area contributed by atoms with Crippen LogP contribution < -0.4 is 4.74 Å². The zero-order chi connectivity index (χ0) is 15.2. The number of nitrogens with zero attached hydrogens (tertiary/aromatic N) is 1. The van der Waals surface area contributed by atoms with E-state index in [0.717, 1.165) is 36.9 Å². The van der Waals surface area contributed by atoms with Crippen molar-refractivity contribution in [3.8, 4) is 5.75 Å². The maximum Gasteiger partial charge on any atom is 0.335 e. The van der Waals surface area contributed by atoms with Crippen LogP contribution in [0.3, 0.4) is 0 Å². The molecule has 0 saturated carbocycles. The molecule has 4 heteroatoms. The standard InChI is InChI=1S/C17H25NO3/c1-3-13-5-4-9-18(10-8-13)12-15-11-14(17(19)20)6-7-16(15)21-2/h6-7,11,13H,3-5,8-10,12H2,1-2H3,(H,19,20). The molecule has 1 unspecified atom stereocenters. The number of ether oxygens (including phenoxy) is 1. The highest BCUT2D eigenvalue weighted by molar-refractivity contribution is 5.88. The third kappa shape index (κ3) is 4.21.